The van der Waals surface area contributed by atoms with Crippen molar-refractivity contribution in [2.24, 2.45) is 0 Å². The lowest BCUT2D eigenvalue weighted by Crippen LogP contribution is -2.50. The number of para-hydroxylation sites is 2. The van der Waals surface area contributed by atoms with Gasteiger partial charge < -0.3 is 9.80 Å². The molecule has 6 heteroatoms. The second-order valence-electron chi connectivity index (χ2n) is 7.44. The molecule has 1 fully saturated rings. The molecule has 1 aromatic heterocycles. The van der Waals surface area contributed by atoms with E-state index in [4.69, 9.17) is 0 Å². The highest BCUT2D eigenvalue weighted by molar-refractivity contribution is 6.02. The number of fused-ring (bicyclic) bond motifs is 2. The summed E-state index contributed by atoms with van der Waals surface area (Å²) in [6.45, 7) is 2.27. The predicted octanol–water partition coefficient (Wildman–Crippen LogP) is 4.08. The van der Waals surface area contributed by atoms with Crippen LogP contribution in [0.3, 0.4) is 0 Å². The van der Waals surface area contributed by atoms with Crippen LogP contribution in [0.5, 0.6) is 0 Å². The van der Waals surface area contributed by atoms with Crippen molar-refractivity contribution in [3.05, 3.63) is 88.8 Å². The molecule has 0 N–H and O–H groups in total. The number of benzene rings is 3. The van der Waals surface area contributed by atoms with E-state index >= 15 is 0 Å². The van der Waals surface area contributed by atoms with Crippen molar-refractivity contribution in [3.63, 3.8) is 0 Å². The van der Waals surface area contributed by atoms with E-state index < -0.39 is 0 Å². The Labute approximate surface area is 172 Å². The van der Waals surface area contributed by atoms with Crippen LogP contribution < -0.4 is 10.3 Å². The molecular weight excluding hydrogens is 381 g/mol. The zero-order valence-electron chi connectivity index (χ0n) is 16.3. The molecule has 1 amide bonds. The van der Waals surface area contributed by atoms with E-state index in [9.17, 15) is 14.0 Å². The number of nitrogens with zero attached hydrogens (tertiary/aromatic N) is 3. The van der Waals surface area contributed by atoms with Crippen molar-refractivity contribution in [1.29, 1.82) is 0 Å². The smallest absolute Gasteiger partial charge is 0.329 e. The second kappa shape index (κ2) is 7.30. The minimum absolute atomic E-state index is 0.0684. The molecule has 0 saturated carbocycles. The number of halogens is 1. The summed E-state index contributed by atoms with van der Waals surface area (Å²) < 4.78 is 15.2. The monoisotopic (exact) mass is 401 g/mol. The van der Waals surface area contributed by atoms with Gasteiger partial charge in [0.05, 0.1) is 11.0 Å². The zero-order valence-corrected chi connectivity index (χ0v) is 16.3. The van der Waals surface area contributed by atoms with Gasteiger partial charge in [-0.15, -0.1) is 0 Å². The molecule has 0 aliphatic carbocycles. The van der Waals surface area contributed by atoms with Gasteiger partial charge in [0.25, 0.3) is 0 Å². The fraction of sp³-hybridized carbons (Fsp3) is 0.167. The highest BCUT2D eigenvalue weighted by Crippen LogP contribution is 2.22. The Kier molecular flexibility index (Phi) is 4.47. The first kappa shape index (κ1) is 18.4. The van der Waals surface area contributed by atoms with E-state index in [1.165, 1.54) is 12.1 Å². The van der Waals surface area contributed by atoms with Crippen molar-refractivity contribution in [3.8, 4) is 0 Å². The number of pyridine rings is 1. The van der Waals surface area contributed by atoms with Gasteiger partial charge in [-0.05, 0) is 42.5 Å². The number of anilines is 1. The predicted molar refractivity (Wildman–Crippen MR) is 117 cm³/mol. The molecule has 0 bridgehead atoms. The SMILES string of the molecule is O=C(N1CCN(c2cccc(F)c2)CC1)n1c2ccccc2c(=O)c2ccccc21. The summed E-state index contributed by atoms with van der Waals surface area (Å²) in [6.07, 6.45) is 0. The molecule has 1 aliphatic heterocycles. The molecule has 5 nitrogen and oxygen atoms in total. The highest BCUT2D eigenvalue weighted by Gasteiger charge is 2.25. The van der Waals surface area contributed by atoms with Gasteiger partial charge in [-0.25, -0.2) is 9.18 Å². The molecule has 150 valence electrons. The standard InChI is InChI=1S/C24H20FN3O2/c25-17-6-5-7-18(16-17)26-12-14-27(15-13-26)24(30)28-21-10-3-1-8-19(21)23(29)20-9-2-4-11-22(20)28/h1-11,16H,12-15H2. The Balaban J connectivity index is 1.51. The van der Waals surface area contributed by atoms with Crippen molar-refractivity contribution in [1.82, 2.24) is 9.47 Å². The maximum absolute atomic E-state index is 13.6. The van der Waals surface area contributed by atoms with Crippen LogP contribution >= 0.6 is 0 Å². The molecule has 30 heavy (non-hydrogen) atoms. The average molecular weight is 401 g/mol. The molecular formula is C24H20FN3O2. The third-order valence-electron chi connectivity index (χ3n) is 5.69. The highest BCUT2D eigenvalue weighted by atomic mass is 19.1. The third kappa shape index (κ3) is 3.01. The Morgan fingerprint density at radius 2 is 1.37 bits per heavy atom. The topological polar surface area (TPSA) is 45.6 Å². The van der Waals surface area contributed by atoms with E-state index in [-0.39, 0.29) is 17.3 Å². The van der Waals surface area contributed by atoms with Crippen LogP contribution in [0, 0.1) is 5.82 Å². The van der Waals surface area contributed by atoms with Gasteiger partial charge in [-0.3, -0.25) is 9.36 Å². The van der Waals surface area contributed by atoms with Gasteiger partial charge in [0.15, 0.2) is 5.43 Å². The van der Waals surface area contributed by atoms with Crippen LogP contribution in [0.1, 0.15) is 0 Å². The lowest BCUT2D eigenvalue weighted by molar-refractivity contribution is 0.198. The van der Waals surface area contributed by atoms with Crippen LogP contribution in [0.2, 0.25) is 0 Å². The summed E-state index contributed by atoms with van der Waals surface area (Å²) in [5, 5.41) is 1.06. The lowest BCUT2D eigenvalue weighted by Gasteiger charge is -2.36. The van der Waals surface area contributed by atoms with Gasteiger partial charge in [0.2, 0.25) is 0 Å². The maximum atomic E-state index is 13.6. The number of carbonyl (C=O) groups is 1. The van der Waals surface area contributed by atoms with Crippen molar-refractivity contribution < 1.29 is 9.18 Å². The lowest BCUT2D eigenvalue weighted by atomic mass is 10.1. The van der Waals surface area contributed by atoms with E-state index in [1.807, 2.05) is 42.5 Å². The zero-order chi connectivity index (χ0) is 20.7. The Bertz CT molecular complexity index is 1260. The van der Waals surface area contributed by atoms with Crippen molar-refractivity contribution in [2.75, 3.05) is 31.1 Å². The molecule has 4 aromatic rings. The van der Waals surface area contributed by atoms with Crippen LogP contribution in [0.15, 0.2) is 77.6 Å². The number of carbonyl (C=O) groups excluding carboxylic acids is 1. The molecule has 0 spiro atoms. The van der Waals surface area contributed by atoms with E-state index in [2.05, 4.69) is 4.90 Å². The van der Waals surface area contributed by atoms with Crippen molar-refractivity contribution in [2.45, 2.75) is 0 Å². The Morgan fingerprint density at radius 1 is 0.767 bits per heavy atom. The number of aromatic nitrogens is 1. The molecule has 2 heterocycles. The Hall–Kier alpha value is -3.67. The van der Waals surface area contributed by atoms with Crippen molar-refractivity contribution >= 4 is 33.5 Å². The van der Waals surface area contributed by atoms with Gasteiger partial charge in [0.1, 0.15) is 5.82 Å². The minimum Gasteiger partial charge on any atom is -0.368 e. The quantitative estimate of drug-likeness (QED) is 0.452. The second-order valence-corrected chi connectivity index (χ2v) is 7.44. The number of piperazine rings is 1. The third-order valence-corrected chi connectivity index (χ3v) is 5.69. The largest absolute Gasteiger partial charge is 0.368 e. The van der Waals surface area contributed by atoms with Crippen LogP contribution in [-0.2, 0) is 0 Å². The molecule has 3 aromatic carbocycles. The first-order valence-electron chi connectivity index (χ1n) is 9.96. The van der Waals surface area contributed by atoms with E-state index in [1.54, 1.807) is 27.7 Å². The van der Waals surface area contributed by atoms with Crippen LogP contribution in [0.4, 0.5) is 14.9 Å². The molecule has 0 unspecified atom stereocenters. The van der Waals surface area contributed by atoms with Crippen LogP contribution in [-0.4, -0.2) is 41.7 Å². The summed E-state index contributed by atoms with van der Waals surface area (Å²) in [5.74, 6) is -0.266. The van der Waals surface area contributed by atoms with E-state index in [0.717, 1.165) is 5.69 Å². The minimum atomic E-state index is -0.266. The Morgan fingerprint density at radius 3 is 1.97 bits per heavy atom. The fourth-order valence-electron chi connectivity index (χ4n) is 4.17. The summed E-state index contributed by atoms with van der Waals surface area (Å²) in [7, 11) is 0. The summed E-state index contributed by atoms with van der Waals surface area (Å²) >= 11 is 0. The molecule has 0 atom stereocenters. The fourth-order valence-corrected chi connectivity index (χ4v) is 4.17. The van der Waals surface area contributed by atoms with Crippen LogP contribution in [0.25, 0.3) is 21.8 Å². The molecule has 0 radical (unpaired) electrons. The number of rotatable bonds is 1. The van der Waals surface area contributed by atoms with Gasteiger partial charge >= 0.3 is 6.03 Å². The first-order valence-corrected chi connectivity index (χ1v) is 9.96. The first-order chi connectivity index (χ1) is 14.6. The number of hydrogen-bond acceptors (Lipinski definition) is 3. The number of hydrogen-bond donors (Lipinski definition) is 0. The molecule has 1 saturated heterocycles. The molecule has 5 rings (SSSR count). The summed E-state index contributed by atoms with van der Waals surface area (Å²) in [6, 6.07) is 20.8. The van der Waals surface area contributed by atoms with Gasteiger partial charge in [0, 0.05) is 42.6 Å². The normalized spacial score (nSPS) is 14.4. The summed E-state index contributed by atoms with van der Waals surface area (Å²) in [5.41, 5.74) is 1.97. The van der Waals surface area contributed by atoms with Gasteiger partial charge in [-0.2, -0.15) is 0 Å². The average Bonchev–Trinajstić information content (AvgIpc) is 2.79. The summed E-state index contributed by atoms with van der Waals surface area (Å²) in [4.78, 5) is 30.3. The molecule has 1 aliphatic rings. The van der Waals surface area contributed by atoms with Gasteiger partial charge in [-0.1, -0.05) is 30.3 Å². The maximum Gasteiger partial charge on any atom is 0.329 e. The number of amides is 1. The van der Waals surface area contributed by atoms with E-state index in [0.29, 0.717) is 48.0 Å².